The zero-order valence-electron chi connectivity index (χ0n) is 39.9. The van der Waals surface area contributed by atoms with Gasteiger partial charge in [-0.05, 0) is 96.3 Å². The molecule has 0 aliphatic heterocycles. The molecule has 348 valence electrons. The molecule has 1 atom stereocenters. The highest BCUT2D eigenvalue weighted by molar-refractivity contribution is 5.69. The maximum Gasteiger partial charge on any atom is 0.306 e. The Balaban J connectivity index is 3.47. The fraction of sp³-hybridized carbons (Fsp3) is 0.667. The summed E-state index contributed by atoms with van der Waals surface area (Å²) in [5, 5.41) is 9.66. The fourth-order valence-electron chi connectivity index (χ4n) is 6.88. The Morgan fingerprint density at radius 3 is 1.03 bits per heavy atom. The Bertz CT molecular complexity index is 1170. The van der Waals surface area contributed by atoms with Crippen LogP contribution in [0.15, 0.2) is 109 Å². The van der Waals surface area contributed by atoms with Gasteiger partial charge in [-0.2, -0.15) is 0 Å². The van der Waals surface area contributed by atoms with E-state index in [2.05, 4.69) is 123 Å². The zero-order chi connectivity index (χ0) is 44.0. The van der Waals surface area contributed by atoms with Crippen LogP contribution in [0.25, 0.3) is 0 Å². The third-order valence-corrected chi connectivity index (χ3v) is 10.6. The third-order valence-electron chi connectivity index (χ3n) is 10.6. The average molecular weight is 845 g/mol. The average Bonchev–Trinajstić information content (AvgIpc) is 3.27. The number of hydrogen-bond donors (Lipinski definition) is 1. The number of allylic oxidation sites excluding steroid dienone is 18. The molecule has 0 bridgehead atoms. The van der Waals surface area contributed by atoms with E-state index in [0.29, 0.717) is 13.0 Å². The number of esters is 1. The maximum absolute atomic E-state index is 12.3. The monoisotopic (exact) mass is 845 g/mol. The summed E-state index contributed by atoms with van der Waals surface area (Å²) in [7, 11) is 0. The van der Waals surface area contributed by atoms with Crippen molar-refractivity contribution in [1.82, 2.24) is 0 Å². The van der Waals surface area contributed by atoms with Gasteiger partial charge in [0.25, 0.3) is 0 Å². The van der Waals surface area contributed by atoms with Gasteiger partial charge in [-0.1, -0.05) is 226 Å². The van der Waals surface area contributed by atoms with E-state index >= 15 is 0 Å². The second kappa shape index (κ2) is 53.2. The quantitative estimate of drug-likeness (QED) is 0.0377. The molecule has 0 aromatic heterocycles. The first kappa shape index (κ1) is 58.1. The van der Waals surface area contributed by atoms with E-state index in [9.17, 15) is 9.90 Å². The van der Waals surface area contributed by atoms with Crippen molar-refractivity contribution >= 4 is 5.97 Å². The molecule has 0 spiro atoms. The van der Waals surface area contributed by atoms with Crippen molar-refractivity contribution in [2.24, 2.45) is 0 Å². The van der Waals surface area contributed by atoms with Crippen molar-refractivity contribution in [1.29, 1.82) is 0 Å². The van der Waals surface area contributed by atoms with Crippen molar-refractivity contribution < 1.29 is 19.4 Å². The van der Waals surface area contributed by atoms with Gasteiger partial charge in [-0.15, -0.1) is 0 Å². The summed E-state index contributed by atoms with van der Waals surface area (Å²) >= 11 is 0. The Morgan fingerprint density at radius 1 is 0.393 bits per heavy atom. The van der Waals surface area contributed by atoms with Gasteiger partial charge in [0, 0.05) is 13.0 Å². The second-order valence-corrected chi connectivity index (χ2v) is 16.5. The van der Waals surface area contributed by atoms with Gasteiger partial charge in [0.2, 0.25) is 0 Å². The molecule has 0 fully saturated rings. The van der Waals surface area contributed by atoms with Gasteiger partial charge in [0.1, 0.15) is 6.10 Å². The summed E-state index contributed by atoms with van der Waals surface area (Å²) in [5.41, 5.74) is 0. The first-order chi connectivity index (χ1) is 30.2. The van der Waals surface area contributed by atoms with Gasteiger partial charge in [0.05, 0.1) is 13.2 Å². The van der Waals surface area contributed by atoms with E-state index in [1.165, 1.54) is 122 Å². The van der Waals surface area contributed by atoms with Gasteiger partial charge < -0.3 is 14.6 Å². The highest BCUT2D eigenvalue weighted by atomic mass is 16.6. The summed E-state index contributed by atoms with van der Waals surface area (Å²) in [6.07, 6.45) is 77.5. The van der Waals surface area contributed by atoms with Crippen LogP contribution in [0.1, 0.15) is 219 Å². The van der Waals surface area contributed by atoms with Crippen LogP contribution in [0.4, 0.5) is 0 Å². The highest BCUT2D eigenvalue weighted by Crippen LogP contribution is 2.14. The lowest BCUT2D eigenvalue weighted by Crippen LogP contribution is -2.27. The van der Waals surface area contributed by atoms with E-state index in [-0.39, 0.29) is 19.2 Å². The van der Waals surface area contributed by atoms with Crippen LogP contribution < -0.4 is 0 Å². The fourth-order valence-corrected chi connectivity index (χ4v) is 6.88. The maximum atomic E-state index is 12.3. The molecule has 1 N–H and O–H groups in total. The van der Waals surface area contributed by atoms with E-state index in [0.717, 1.165) is 77.0 Å². The molecule has 0 amide bonds. The molecule has 0 heterocycles. The Labute approximate surface area is 378 Å². The van der Waals surface area contributed by atoms with Crippen molar-refractivity contribution in [2.75, 3.05) is 19.8 Å². The zero-order valence-corrected chi connectivity index (χ0v) is 39.9. The first-order valence-corrected chi connectivity index (χ1v) is 25.5. The minimum atomic E-state index is -0.548. The normalized spacial score (nSPS) is 13.3. The number of carbonyl (C=O) groups excluding carboxylic acids is 1. The molecule has 0 saturated heterocycles. The molecule has 0 radical (unpaired) electrons. The number of ether oxygens (including phenoxy) is 2. The van der Waals surface area contributed by atoms with E-state index in [1.807, 2.05) is 0 Å². The molecule has 0 aliphatic carbocycles. The predicted molar refractivity (Wildman–Crippen MR) is 269 cm³/mol. The molecule has 4 nitrogen and oxygen atoms in total. The molecular weight excluding hydrogens is 749 g/mol. The van der Waals surface area contributed by atoms with E-state index in [1.54, 1.807) is 0 Å². The molecule has 61 heavy (non-hydrogen) atoms. The number of aliphatic hydroxyl groups excluding tert-OH is 1. The van der Waals surface area contributed by atoms with Crippen LogP contribution >= 0.6 is 0 Å². The van der Waals surface area contributed by atoms with Gasteiger partial charge in [-0.25, -0.2) is 0 Å². The molecule has 4 heteroatoms. The van der Waals surface area contributed by atoms with Crippen molar-refractivity contribution in [2.45, 2.75) is 225 Å². The van der Waals surface area contributed by atoms with Crippen LogP contribution in [0, 0.1) is 0 Å². The summed E-state index contributed by atoms with van der Waals surface area (Å²) in [6.45, 7) is 5.11. The standard InChI is InChI=1S/C57H96O4/c1-3-5-7-9-11-13-15-17-19-21-23-25-27-29-30-32-34-36-38-40-42-44-46-48-50-52-57(59)61-56(54-58)55-60-53-51-49-47-45-43-41-39-37-35-33-31-28-26-24-22-20-18-16-14-12-10-8-6-4-2/h5-8,11-14,17-20,23-26,29-30,56,58H,3-4,9-10,15-16,21-22,27-28,31-55H2,1-2H3/b7-5-,8-6-,13-11-,14-12-,19-17-,20-18-,25-23-,26-24-,30-29-. The predicted octanol–water partition coefficient (Wildman–Crippen LogP) is 17.4. The molecular formula is C57H96O4. The topological polar surface area (TPSA) is 55.8 Å². The first-order valence-electron chi connectivity index (χ1n) is 25.5. The number of unbranched alkanes of at least 4 members (excludes halogenated alkanes) is 20. The highest BCUT2D eigenvalue weighted by Gasteiger charge is 2.13. The minimum absolute atomic E-state index is 0.181. The van der Waals surface area contributed by atoms with Gasteiger partial charge in [0.15, 0.2) is 0 Å². The minimum Gasteiger partial charge on any atom is -0.457 e. The lowest BCUT2D eigenvalue weighted by atomic mass is 10.1. The smallest absolute Gasteiger partial charge is 0.306 e. The van der Waals surface area contributed by atoms with Gasteiger partial charge in [-0.3, -0.25) is 4.79 Å². The Kier molecular flexibility index (Phi) is 50.6. The lowest BCUT2D eigenvalue weighted by molar-refractivity contribution is -0.154. The van der Waals surface area contributed by atoms with Crippen LogP contribution in [-0.2, 0) is 14.3 Å². The molecule has 0 saturated carbocycles. The largest absolute Gasteiger partial charge is 0.457 e. The molecule has 0 aromatic rings. The summed E-state index contributed by atoms with van der Waals surface area (Å²) in [4.78, 5) is 12.3. The number of rotatable bonds is 46. The Hall–Kier alpha value is -2.95. The Morgan fingerprint density at radius 2 is 0.689 bits per heavy atom. The molecule has 1 unspecified atom stereocenters. The summed E-state index contributed by atoms with van der Waals surface area (Å²) in [5.74, 6) is -0.211. The summed E-state index contributed by atoms with van der Waals surface area (Å²) in [6, 6.07) is 0. The van der Waals surface area contributed by atoms with E-state index in [4.69, 9.17) is 9.47 Å². The molecule has 0 aliphatic rings. The molecule has 0 aromatic carbocycles. The van der Waals surface area contributed by atoms with Crippen LogP contribution in [-0.4, -0.2) is 37.0 Å². The third kappa shape index (κ3) is 51.3. The van der Waals surface area contributed by atoms with Crippen molar-refractivity contribution in [3.05, 3.63) is 109 Å². The van der Waals surface area contributed by atoms with Crippen molar-refractivity contribution in [3.63, 3.8) is 0 Å². The SMILES string of the molecule is CC/C=C\C/C=C\C/C=C\C/C=C\C/C=C\CCCCCCCCCCCC(=O)OC(CO)COCCCCCCCCCCCCC/C=C\C/C=C\C/C=C\C/C=C\CC. The number of carbonyl (C=O) groups is 1. The summed E-state index contributed by atoms with van der Waals surface area (Å²) < 4.78 is 11.2. The van der Waals surface area contributed by atoms with Crippen molar-refractivity contribution in [3.8, 4) is 0 Å². The van der Waals surface area contributed by atoms with Gasteiger partial charge >= 0.3 is 5.97 Å². The molecule has 0 rings (SSSR count). The lowest BCUT2D eigenvalue weighted by Gasteiger charge is -2.16. The second-order valence-electron chi connectivity index (χ2n) is 16.5. The number of aliphatic hydroxyl groups is 1. The number of hydrogen-bond acceptors (Lipinski definition) is 4. The van der Waals surface area contributed by atoms with Crippen LogP contribution in [0.3, 0.4) is 0 Å². The van der Waals surface area contributed by atoms with Crippen LogP contribution in [0.2, 0.25) is 0 Å². The van der Waals surface area contributed by atoms with E-state index < -0.39 is 6.10 Å². The van der Waals surface area contributed by atoms with Crippen LogP contribution in [0.5, 0.6) is 0 Å².